The summed E-state index contributed by atoms with van der Waals surface area (Å²) in [5.41, 5.74) is 1.46. The van der Waals surface area contributed by atoms with Crippen molar-refractivity contribution in [2.45, 2.75) is 29.6 Å². The summed E-state index contributed by atoms with van der Waals surface area (Å²) in [6.45, 7) is 2.07. The van der Waals surface area contributed by atoms with Crippen LogP contribution in [0.1, 0.15) is 17.7 Å². The van der Waals surface area contributed by atoms with Crippen molar-refractivity contribution in [3.63, 3.8) is 0 Å². The highest BCUT2D eigenvalue weighted by molar-refractivity contribution is 7.98. The van der Waals surface area contributed by atoms with Crippen LogP contribution in [-0.4, -0.2) is 33.7 Å². The zero-order chi connectivity index (χ0) is 22.3. The number of sulfonamides is 1. The van der Waals surface area contributed by atoms with E-state index in [9.17, 15) is 13.2 Å². The molecule has 2 aromatic carbocycles. The number of carbonyl (C=O) groups is 1. The maximum absolute atomic E-state index is 13.4. The van der Waals surface area contributed by atoms with Crippen molar-refractivity contribution in [3.8, 4) is 0 Å². The molecule has 0 spiro atoms. The molecule has 0 saturated heterocycles. The Morgan fingerprint density at radius 1 is 1.06 bits per heavy atom. The Labute approximate surface area is 187 Å². The standard InChI is InChI=1S/C23H26N2O4S2/c1-18-7-9-19(10-8-18)25(31(27,28)22-13-11-21(30-2)12-14-22)17-23(26)24-15-3-5-20-6-4-16-29-20/h4,6-14,16H,3,5,15,17H2,1-2H3,(H,24,26). The van der Waals surface area contributed by atoms with Crippen LogP contribution < -0.4 is 9.62 Å². The first-order valence-electron chi connectivity index (χ1n) is 9.92. The lowest BCUT2D eigenvalue weighted by atomic mass is 10.2. The molecule has 1 heterocycles. The minimum Gasteiger partial charge on any atom is -0.469 e. The third-order valence-electron chi connectivity index (χ3n) is 4.76. The number of carbonyl (C=O) groups excluding carboxylic acids is 1. The summed E-state index contributed by atoms with van der Waals surface area (Å²) in [6.07, 6.45) is 4.95. The van der Waals surface area contributed by atoms with Crippen LogP contribution in [0.5, 0.6) is 0 Å². The normalized spacial score (nSPS) is 11.3. The molecule has 3 aromatic rings. The van der Waals surface area contributed by atoms with Gasteiger partial charge in [0.2, 0.25) is 5.91 Å². The van der Waals surface area contributed by atoms with Crippen molar-refractivity contribution < 1.29 is 17.6 Å². The van der Waals surface area contributed by atoms with E-state index in [1.807, 2.05) is 37.4 Å². The van der Waals surface area contributed by atoms with Crippen molar-refractivity contribution in [1.82, 2.24) is 5.32 Å². The highest BCUT2D eigenvalue weighted by Gasteiger charge is 2.27. The number of amides is 1. The van der Waals surface area contributed by atoms with Crippen LogP contribution in [0.3, 0.4) is 0 Å². The van der Waals surface area contributed by atoms with Gasteiger partial charge in [-0.25, -0.2) is 8.42 Å². The average Bonchev–Trinajstić information content (AvgIpc) is 3.29. The van der Waals surface area contributed by atoms with E-state index in [4.69, 9.17) is 4.42 Å². The monoisotopic (exact) mass is 458 g/mol. The molecule has 0 saturated carbocycles. The predicted molar refractivity (Wildman–Crippen MR) is 124 cm³/mol. The highest BCUT2D eigenvalue weighted by atomic mass is 32.2. The van der Waals surface area contributed by atoms with Gasteiger partial charge >= 0.3 is 0 Å². The Hall–Kier alpha value is -2.71. The number of nitrogens with zero attached hydrogens (tertiary/aromatic N) is 1. The summed E-state index contributed by atoms with van der Waals surface area (Å²) < 4.78 is 33.2. The number of hydrogen-bond acceptors (Lipinski definition) is 5. The second kappa shape index (κ2) is 10.5. The van der Waals surface area contributed by atoms with Gasteiger partial charge in [0.05, 0.1) is 16.8 Å². The fourth-order valence-corrected chi connectivity index (χ4v) is 4.86. The van der Waals surface area contributed by atoms with Crippen LogP contribution in [0.15, 0.2) is 81.1 Å². The Morgan fingerprint density at radius 3 is 2.39 bits per heavy atom. The Morgan fingerprint density at radius 2 is 1.77 bits per heavy atom. The van der Waals surface area contributed by atoms with Crippen molar-refractivity contribution in [3.05, 3.63) is 78.3 Å². The number of furan rings is 1. The van der Waals surface area contributed by atoms with Crippen LogP contribution in [0.2, 0.25) is 0 Å². The largest absolute Gasteiger partial charge is 0.469 e. The summed E-state index contributed by atoms with van der Waals surface area (Å²) in [6, 6.07) is 17.5. The van der Waals surface area contributed by atoms with E-state index in [0.717, 1.165) is 20.5 Å². The molecule has 3 rings (SSSR count). The number of rotatable bonds is 10. The number of hydrogen-bond donors (Lipinski definition) is 1. The zero-order valence-corrected chi connectivity index (χ0v) is 19.2. The van der Waals surface area contributed by atoms with E-state index >= 15 is 0 Å². The number of anilines is 1. The summed E-state index contributed by atoms with van der Waals surface area (Å²) in [7, 11) is -3.90. The first-order chi connectivity index (χ1) is 14.9. The molecule has 0 aliphatic carbocycles. The minimum absolute atomic E-state index is 0.150. The van der Waals surface area contributed by atoms with Gasteiger partial charge in [-0.1, -0.05) is 17.7 Å². The van der Waals surface area contributed by atoms with Crippen molar-refractivity contribution in [1.29, 1.82) is 0 Å². The van der Waals surface area contributed by atoms with Crippen LogP contribution in [0.4, 0.5) is 5.69 Å². The van der Waals surface area contributed by atoms with E-state index in [1.165, 1.54) is 11.8 Å². The summed E-state index contributed by atoms with van der Waals surface area (Å²) in [5.74, 6) is 0.496. The van der Waals surface area contributed by atoms with Crippen molar-refractivity contribution in [2.24, 2.45) is 0 Å². The summed E-state index contributed by atoms with van der Waals surface area (Å²) in [5, 5.41) is 2.81. The lowest BCUT2D eigenvalue weighted by molar-refractivity contribution is -0.119. The molecule has 0 bridgehead atoms. The van der Waals surface area contributed by atoms with Crippen LogP contribution in [0, 0.1) is 6.92 Å². The molecule has 164 valence electrons. The topological polar surface area (TPSA) is 79.6 Å². The van der Waals surface area contributed by atoms with Crippen LogP contribution in [0.25, 0.3) is 0 Å². The zero-order valence-electron chi connectivity index (χ0n) is 17.6. The number of aryl methyl sites for hydroxylation is 2. The van der Waals surface area contributed by atoms with Gasteiger partial charge in [0, 0.05) is 17.9 Å². The summed E-state index contributed by atoms with van der Waals surface area (Å²) >= 11 is 1.54. The van der Waals surface area contributed by atoms with Gasteiger partial charge in [0.15, 0.2) is 0 Å². The SMILES string of the molecule is CSc1ccc(S(=O)(=O)N(CC(=O)NCCCc2ccco2)c2ccc(C)cc2)cc1. The van der Waals surface area contributed by atoms with Gasteiger partial charge in [0.1, 0.15) is 12.3 Å². The van der Waals surface area contributed by atoms with Gasteiger partial charge < -0.3 is 9.73 Å². The molecule has 8 heteroatoms. The Balaban J connectivity index is 1.74. The first-order valence-corrected chi connectivity index (χ1v) is 12.6. The number of benzene rings is 2. The average molecular weight is 459 g/mol. The van der Waals surface area contributed by atoms with E-state index in [0.29, 0.717) is 25.1 Å². The van der Waals surface area contributed by atoms with E-state index < -0.39 is 10.0 Å². The lowest BCUT2D eigenvalue weighted by Gasteiger charge is -2.24. The molecule has 0 aliphatic rings. The molecular formula is C23H26N2O4S2. The molecule has 1 N–H and O–H groups in total. The van der Waals surface area contributed by atoms with E-state index in [1.54, 1.807) is 42.7 Å². The fraction of sp³-hybridized carbons (Fsp3) is 0.261. The minimum atomic E-state index is -3.90. The van der Waals surface area contributed by atoms with Crippen molar-refractivity contribution in [2.75, 3.05) is 23.7 Å². The molecule has 0 aliphatic heterocycles. The Kier molecular flexibility index (Phi) is 7.81. The molecule has 6 nitrogen and oxygen atoms in total. The van der Waals surface area contributed by atoms with Crippen LogP contribution in [-0.2, 0) is 21.2 Å². The molecule has 0 unspecified atom stereocenters. The fourth-order valence-electron chi connectivity index (χ4n) is 3.03. The van der Waals surface area contributed by atoms with Gasteiger partial charge in [-0.2, -0.15) is 0 Å². The van der Waals surface area contributed by atoms with Gasteiger partial charge in [-0.3, -0.25) is 9.10 Å². The molecule has 0 fully saturated rings. The van der Waals surface area contributed by atoms with Gasteiger partial charge in [-0.15, -0.1) is 11.8 Å². The summed E-state index contributed by atoms with van der Waals surface area (Å²) in [4.78, 5) is 13.7. The second-order valence-corrected chi connectivity index (χ2v) is 9.80. The molecule has 0 atom stereocenters. The Bertz CT molecular complexity index is 1080. The second-order valence-electron chi connectivity index (χ2n) is 7.06. The molecular weight excluding hydrogens is 432 g/mol. The third kappa shape index (κ3) is 6.15. The molecule has 31 heavy (non-hydrogen) atoms. The number of nitrogens with one attached hydrogen (secondary N) is 1. The molecule has 1 amide bonds. The smallest absolute Gasteiger partial charge is 0.264 e. The highest BCUT2D eigenvalue weighted by Crippen LogP contribution is 2.25. The van der Waals surface area contributed by atoms with E-state index in [2.05, 4.69) is 5.32 Å². The quantitative estimate of drug-likeness (QED) is 0.363. The maximum Gasteiger partial charge on any atom is 0.264 e. The predicted octanol–water partition coefficient (Wildman–Crippen LogP) is 4.25. The van der Waals surface area contributed by atoms with E-state index in [-0.39, 0.29) is 17.3 Å². The van der Waals surface area contributed by atoms with Gasteiger partial charge in [-0.05, 0) is 68.1 Å². The van der Waals surface area contributed by atoms with Gasteiger partial charge in [0.25, 0.3) is 10.0 Å². The number of thioether (sulfide) groups is 1. The first kappa shape index (κ1) is 23.0. The van der Waals surface area contributed by atoms with Crippen LogP contribution >= 0.6 is 11.8 Å². The molecule has 0 radical (unpaired) electrons. The lowest BCUT2D eigenvalue weighted by Crippen LogP contribution is -2.41. The maximum atomic E-state index is 13.4. The van der Waals surface area contributed by atoms with Crippen molar-refractivity contribution >= 4 is 33.4 Å². The molecule has 1 aromatic heterocycles. The third-order valence-corrected chi connectivity index (χ3v) is 7.29.